The summed E-state index contributed by atoms with van der Waals surface area (Å²) in [5, 5.41) is 6.84. The molecule has 0 atom stereocenters. The summed E-state index contributed by atoms with van der Waals surface area (Å²) in [5.41, 5.74) is 3.92. The van der Waals surface area contributed by atoms with Gasteiger partial charge in [0.15, 0.2) is 0 Å². The second kappa shape index (κ2) is 6.05. The Morgan fingerprint density at radius 1 is 1.29 bits per heavy atom. The maximum absolute atomic E-state index is 12.1. The highest BCUT2D eigenvalue weighted by atomic mass is 35.5. The smallest absolute Gasteiger partial charge is 0.269 e. The van der Waals surface area contributed by atoms with Gasteiger partial charge in [-0.05, 0) is 49.7 Å². The van der Waals surface area contributed by atoms with Crippen molar-refractivity contribution in [2.24, 2.45) is 0 Å². The average molecular weight is 308 g/mol. The molecule has 21 heavy (non-hydrogen) atoms. The van der Waals surface area contributed by atoms with Gasteiger partial charge < -0.3 is 10.6 Å². The molecule has 3 rings (SSSR count). The molecule has 6 heteroatoms. The fraction of sp³-hybridized carbons (Fsp3) is 0.400. The van der Waals surface area contributed by atoms with E-state index in [1.807, 2.05) is 30.3 Å². The van der Waals surface area contributed by atoms with Gasteiger partial charge in [0.1, 0.15) is 11.3 Å². The number of amides is 1. The van der Waals surface area contributed by atoms with Crippen molar-refractivity contribution in [2.75, 3.05) is 13.1 Å². The van der Waals surface area contributed by atoms with Gasteiger partial charge in [-0.2, -0.15) is 0 Å². The maximum Gasteiger partial charge on any atom is 0.269 e. The predicted octanol–water partition coefficient (Wildman–Crippen LogP) is 1.50. The summed E-state index contributed by atoms with van der Waals surface area (Å²) in [6.07, 6.45) is 3.65. The molecule has 1 fully saturated rings. The highest BCUT2D eigenvalue weighted by molar-refractivity contribution is 6.30. The van der Waals surface area contributed by atoms with E-state index in [4.69, 9.17) is 16.4 Å². The van der Waals surface area contributed by atoms with Crippen LogP contribution >= 0.6 is 11.6 Å². The van der Waals surface area contributed by atoms with E-state index >= 15 is 0 Å². The van der Waals surface area contributed by atoms with Crippen LogP contribution in [-0.4, -0.2) is 24.6 Å². The third-order valence-electron chi connectivity index (χ3n) is 3.83. The van der Waals surface area contributed by atoms with Crippen molar-refractivity contribution >= 4 is 17.5 Å². The molecule has 0 unspecified atom stereocenters. The Balaban J connectivity index is 1.58. The second-order valence-electron chi connectivity index (χ2n) is 5.39. The minimum absolute atomic E-state index is 0.152. The summed E-state index contributed by atoms with van der Waals surface area (Å²) in [5.74, 6) is -0.152. The lowest BCUT2D eigenvalue weighted by Crippen LogP contribution is -2.42. The number of piperidine rings is 1. The number of hydroxylamine groups is 1. The molecule has 1 aromatic carbocycles. The lowest BCUT2D eigenvalue weighted by molar-refractivity contribution is -0.120. The SMILES string of the molecule is O=C(NCc1ccc(Cl)cc1)C1=CC2(CCNCC2)ON1. The van der Waals surface area contributed by atoms with Gasteiger partial charge >= 0.3 is 0 Å². The van der Waals surface area contributed by atoms with Gasteiger partial charge in [0.2, 0.25) is 0 Å². The molecular formula is C15H18ClN3O2. The molecule has 0 aliphatic carbocycles. The highest BCUT2D eigenvalue weighted by Gasteiger charge is 2.37. The number of hydrogen-bond donors (Lipinski definition) is 3. The quantitative estimate of drug-likeness (QED) is 0.792. The third kappa shape index (κ3) is 3.37. The molecule has 2 heterocycles. The van der Waals surface area contributed by atoms with Crippen LogP contribution in [0.5, 0.6) is 0 Å². The summed E-state index contributed by atoms with van der Waals surface area (Å²) in [4.78, 5) is 17.8. The zero-order valence-electron chi connectivity index (χ0n) is 11.6. The third-order valence-corrected chi connectivity index (χ3v) is 4.08. The number of benzene rings is 1. The topological polar surface area (TPSA) is 62.4 Å². The van der Waals surface area contributed by atoms with Crippen LogP contribution in [0.1, 0.15) is 18.4 Å². The van der Waals surface area contributed by atoms with Crippen molar-refractivity contribution in [3.63, 3.8) is 0 Å². The van der Waals surface area contributed by atoms with Crippen LogP contribution in [0.4, 0.5) is 0 Å². The maximum atomic E-state index is 12.1. The Hall–Kier alpha value is -1.56. The Morgan fingerprint density at radius 3 is 2.71 bits per heavy atom. The van der Waals surface area contributed by atoms with Crippen LogP contribution in [-0.2, 0) is 16.2 Å². The van der Waals surface area contributed by atoms with E-state index in [1.165, 1.54) is 0 Å². The molecule has 112 valence electrons. The minimum Gasteiger partial charge on any atom is -0.347 e. The van der Waals surface area contributed by atoms with Gasteiger partial charge in [0, 0.05) is 11.6 Å². The number of nitrogens with one attached hydrogen (secondary N) is 3. The van der Waals surface area contributed by atoms with Crippen molar-refractivity contribution in [3.05, 3.63) is 46.6 Å². The normalized spacial score (nSPS) is 20.0. The number of carbonyl (C=O) groups is 1. The van der Waals surface area contributed by atoms with Gasteiger partial charge in [-0.1, -0.05) is 23.7 Å². The van der Waals surface area contributed by atoms with E-state index in [0.29, 0.717) is 17.3 Å². The van der Waals surface area contributed by atoms with E-state index < -0.39 is 0 Å². The van der Waals surface area contributed by atoms with Crippen LogP contribution in [0.25, 0.3) is 0 Å². The first kappa shape index (κ1) is 14.4. The summed E-state index contributed by atoms with van der Waals surface area (Å²) >= 11 is 5.83. The van der Waals surface area contributed by atoms with Crippen molar-refractivity contribution in [1.29, 1.82) is 0 Å². The van der Waals surface area contributed by atoms with Gasteiger partial charge in [0.25, 0.3) is 5.91 Å². The van der Waals surface area contributed by atoms with Gasteiger partial charge in [-0.3, -0.25) is 15.1 Å². The molecule has 2 aliphatic rings. The molecule has 1 amide bonds. The Labute approximate surface area is 128 Å². The highest BCUT2D eigenvalue weighted by Crippen LogP contribution is 2.29. The van der Waals surface area contributed by atoms with Crippen LogP contribution in [0.3, 0.4) is 0 Å². The van der Waals surface area contributed by atoms with Crippen LogP contribution < -0.4 is 16.1 Å². The number of halogens is 1. The lowest BCUT2D eigenvalue weighted by Gasteiger charge is -2.29. The van der Waals surface area contributed by atoms with Crippen molar-refractivity contribution < 1.29 is 9.63 Å². The minimum atomic E-state index is -0.335. The zero-order valence-corrected chi connectivity index (χ0v) is 12.4. The number of rotatable bonds is 3. The molecule has 0 radical (unpaired) electrons. The Morgan fingerprint density at radius 2 is 2.00 bits per heavy atom. The first-order valence-electron chi connectivity index (χ1n) is 7.07. The number of hydrogen-bond acceptors (Lipinski definition) is 4. The van der Waals surface area contributed by atoms with Crippen molar-refractivity contribution in [2.45, 2.75) is 25.0 Å². The first-order chi connectivity index (χ1) is 10.2. The Kier molecular flexibility index (Phi) is 4.14. The Bertz CT molecular complexity index is 551. The predicted molar refractivity (Wildman–Crippen MR) is 80.4 cm³/mol. The zero-order chi connectivity index (χ0) is 14.7. The van der Waals surface area contributed by atoms with Gasteiger partial charge in [0.05, 0.1) is 0 Å². The average Bonchev–Trinajstić information content (AvgIpc) is 2.91. The molecule has 1 saturated heterocycles. The van der Waals surface area contributed by atoms with Crippen molar-refractivity contribution in [3.8, 4) is 0 Å². The van der Waals surface area contributed by atoms with E-state index in [1.54, 1.807) is 0 Å². The van der Waals surface area contributed by atoms with Crippen LogP contribution in [0, 0.1) is 0 Å². The van der Waals surface area contributed by atoms with Gasteiger partial charge in [-0.15, -0.1) is 0 Å². The molecule has 0 saturated carbocycles. The second-order valence-corrected chi connectivity index (χ2v) is 5.82. The molecule has 2 aliphatic heterocycles. The lowest BCUT2D eigenvalue weighted by atomic mass is 9.92. The fourth-order valence-electron chi connectivity index (χ4n) is 2.57. The van der Waals surface area contributed by atoms with Gasteiger partial charge in [-0.25, -0.2) is 0 Å². The standard InChI is InChI=1S/C15H18ClN3O2/c16-12-3-1-11(2-4-12)10-18-14(20)13-9-15(21-19-13)5-7-17-8-6-15/h1-4,9,17,19H,5-8,10H2,(H,18,20). The molecule has 5 nitrogen and oxygen atoms in total. The summed E-state index contributed by atoms with van der Waals surface area (Å²) in [7, 11) is 0. The van der Waals surface area contributed by atoms with Crippen LogP contribution in [0.15, 0.2) is 36.0 Å². The van der Waals surface area contributed by atoms with E-state index in [2.05, 4.69) is 16.1 Å². The molecule has 3 N–H and O–H groups in total. The van der Waals surface area contributed by atoms with E-state index in [-0.39, 0.29) is 11.5 Å². The number of carbonyl (C=O) groups excluding carboxylic acids is 1. The largest absolute Gasteiger partial charge is 0.347 e. The van der Waals surface area contributed by atoms with E-state index in [9.17, 15) is 4.79 Å². The summed E-state index contributed by atoms with van der Waals surface area (Å²) in [6.45, 7) is 2.26. The van der Waals surface area contributed by atoms with Crippen molar-refractivity contribution in [1.82, 2.24) is 16.1 Å². The van der Waals surface area contributed by atoms with E-state index in [0.717, 1.165) is 31.5 Å². The van der Waals surface area contributed by atoms with Crippen LogP contribution in [0.2, 0.25) is 5.02 Å². The molecule has 1 aromatic rings. The summed E-state index contributed by atoms with van der Waals surface area (Å²) in [6, 6.07) is 7.40. The first-order valence-corrected chi connectivity index (χ1v) is 7.45. The molecule has 0 bridgehead atoms. The summed E-state index contributed by atoms with van der Waals surface area (Å²) < 4.78 is 0. The fourth-order valence-corrected chi connectivity index (χ4v) is 2.69. The molecule has 1 spiro atoms. The molecular weight excluding hydrogens is 290 g/mol. The monoisotopic (exact) mass is 307 g/mol. The molecule has 0 aromatic heterocycles.